The Balaban J connectivity index is 2.35. The van der Waals surface area contributed by atoms with Crippen molar-refractivity contribution in [1.29, 1.82) is 0 Å². The minimum Gasteiger partial charge on any atom is -0.481 e. The van der Waals surface area contributed by atoms with Crippen molar-refractivity contribution < 1.29 is 9.90 Å². The molecule has 1 N–H and O–H groups in total. The van der Waals surface area contributed by atoms with E-state index in [-0.39, 0.29) is 0 Å². The molecule has 0 radical (unpaired) electrons. The zero-order valence-corrected chi connectivity index (χ0v) is 9.20. The van der Waals surface area contributed by atoms with E-state index in [9.17, 15) is 4.79 Å². The van der Waals surface area contributed by atoms with Crippen molar-refractivity contribution in [3.63, 3.8) is 0 Å². The largest absolute Gasteiger partial charge is 0.481 e. The highest BCUT2D eigenvalue weighted by atomic mass is 16.4. The van der Waals surface area contributed by atoms with E-state index < -0.39 is 5.97 Å². The van der Waals surface area contributed by atoms with E-state index in [4.69, 9.17) is 5.11 Å². The van der Waals surface area contributed by atoms with E-state index in [1.807, 2.05) is 0 Å². The standard InChI is InChI=1S/C11H21NO2/c1-3-10-5-4-8-12(10)9(2)6-7-11(13)14/h9-10H,3-8H2,1-2H3,(H,13,14). The monoisotopic (exact) mass is 199 g/mol. The highest BCUT2D eigenvalue weighted by Gasteiger charge is 2.26. The van der Waals surface area contributed by atoms with Crippen LogP contribution in [0.25, 0.3) is 0 Å². The number of carboxylic acid groups (broad SMARTS) is 1. The number of carbonyl (C=O) groups is 1. The van der Waals surface area contributed by atoms with Gasteiger partial charge in [0.15, 0.2) is 0 Å². The Kier molecular flexibility index (Phi) is 4.39. The SMILES string of the molecule is CCC1CCCN1C(C)CCC(=O)O. The van der Waals surface area contributed by atoms with Gasteiger partial charge >= 0.3 is 5.97 Å². The van der Waals surface area contributed by atoms with E-state index in [0.29, 0.717) is 18.5 Å². The van der Waals surface area contributed by atoms with Crippen LogP contribution in [0.5, 0.6) is 0 Å². The molecule has 0 amide bonds. The first kappa shape index (κ1) is 11.5. The van der Waals surface area contributed by atoms with Crippen LogP contribution in [0.1, 0.15) is 46.0 Å². The average Bonchev–Trinajstić information content (AvgIpc) is 2.61. The molecule has 0 bridgehead atoms. The summed E-state index contributed by atoms with van der Waals surface area (Å²) in [6.07, 6.45) is 4.83. The van der Waals surface area contributed by atoms with Crippen molar-refractivity contribution in [1.82, 2.24) is 4.90 Å². The third-order valence-corrected chi connectivity index (χ3v) is 3.24. The molecule has 1 saturated heterocycles. The van der Waals surface area contributed by atoms with Crippen molar-refractivity contribution in [2.75, 3.05) is 6.54 Å². The van der Waals surface area contributed by atoms with Crippen LogP contribution in [0, 0.1) is 0 Å². The van der Waals surface area contributed by atoms with Gasteiger partial charge in [-0.3, -0.25) is 9.69 Å². The minimum atomic E-state index is -0.677. The molecule has 1 aliphatic heterocycles. The Morgan fingerprint density at radius 1 is 1.64 bits per heavy atom. The summed E-state index contributed by atoms with van der Waals surface area (Å²) < 4.78 is 0. The van der Waals surface area contributed by atoms with Gasteiger partial charge in [-0.05, 0) is 39.2 Å². The zero-order valence-electron chi connectivity index (χ0n) is 9.20. The lowest BCUT2D eigenvalue weighted by Crippen LogP contribution is -2.37. The summed E-state index contributed by atoms with van der Waals surface area (Å²) in [5.41, 5.74) is 0. The molecule has 2 unspecified atom stereocenters. The van der Waals surface area contributed by atoms with E-state index >= 15 is 0 Å². The molecule has 82 valence electrons. The molecule has 1 fully saturated rings. The maximum Gasteiger partial charge on any atom is 0.303 e. The maximum atomic E-state index is 10.5. The van der Waals surface area contributed by atoms with Crippen LogP contribution >= 0.6 is 0 Å². The van der Waals surface area contributed by atoms with Crippen LogP contribution in [0.2, 0.25) is 0 Å². The Hall–Kier alpha value is -0.570. The van der Waals surface area contributed by atoms with E-state index in [0.717, 1.165) is 13.0 Å². The van der Waals surface area contributed by atoms with Crippen LogP contribution in [-0.2, 0) is 4.79 Å². The fourth-order valence-corrected chi connectivity index (χ4v) is 2.37. The molecule has 3 nitrogen and oxygen atoms in total. The molecule has 0 spiro atoms. The molecular weight excluding hydrogens is 178 g/mol. The highest BCUT2D eigenvalue weighted by molar-refractivity contribution is 5.66. The molecule has 1 aliphatic rings. The van der Waals surface area contributed by atoms with Gasteiger partial charge in [0, 0.05) is 18.5 Å². The predicted octanol–water partition coefficient (Wildman–Crippen LogP) is 2.11. The number of nitrogens with zero attached hydrogens (tertiary/aromatic N) is 1. The number of aliphatic carboxylic acids is 1. The number of rotatable bonds is 5. The van der Waals surface area contributed by atoms with Crippen LogP contribution < -0.4 is 0 Å². The zero-order chi connectivity index (χ0) is 10.6. The first-order valence-corrected chi connectivity index (χ1v) is 5.62. The van der Waals surface area contributed by atoms with Crippen LogP contribution in [0.4, 0.5) is 0 Å². The number of carboxylic acids is 1. The average molecular weight is 199 g/mol. The summed E-state index contributed by atoms with van der Waals surface area (Å²) in [7, 11) is 0. The molecule has 3 heteroatoms. The summed E-state index contributed by atoms with van der Waals surface area (Å²) in [4.78, 5) is 12.9. The molecule has 14 heavy (non-hydrogen) atoms. The van der Waals surface area contributed by atoms with Gasteiger partial charge in [0.05, 0.1) is 0 Å². The predicted molar refractivity (Wildman–Crippen MR) is 56.4 cm³/mol. The van der Waals surface area contributed by atoms with Crippen molar-refractivity contribution in [2.24, 2.45) is 0 Å². The van der Waals surface area contributed by atoms with Gasteiger partial charge < -0.3 is 5.11 Å². The molecule has 1 rings (SSSR count). The van der Waals surface area contributed by atoms with E-state index in [1.165, 1.54) is 19.3 Å². The normalized spacial score (nSPS) is 25.1. The third-order valence-electron chi connectivity index (χ3n) is 3.24. The molecule has 0 saturated carbocycles. The molecule has 0 aromatic heterocycles. The quantitative estimate of drug-likeness (QED) is 0.737. The molecule has 2 atom stereocenters. The van der Waals surface area contributed by atoms with Crippen molar-refractivity contribution in [3.05, 3.63) is 0 Å². The van der Waals surface area contributed by atoms with Crippen molar-refractivity contribution in [3.8, 4) is 0 Å². The number of hydrogen-bond acceptors (Lipinski definition) is 2. The lowest BCUT2D eigenvalue weighted by Gasteiger charge is -2.29. The first-order chi connectivity index (χ1) is 6.65. The second-order valence-corrected chi connectivity index (χ2v) is 4.22. The van der Waals surface area contributed by atoms with Crippen molar-refractivity contribution >= 4 is 5.97 Å². The maximum absolute atomic E-state index is 10.5. The first-order valence-electron chi connectivity index (χ1n) is 5.62. The molecular formula is C11H21NO2. The third kappa shape index (κ3) is 2.98. The Labute approximate surface area is 86.1 Å². The van der Waals surface area contributed by atoms with E-state index in [1.54, 1.807) is 0 Å². The van der Waals surface area contributed by atoms with Gasteiger partial charge in [0.1, 0.15) is 0 Å². The van der Waals surface area contributed by atoms with Gasteiger partial charge in [-0.15, -0.1) is 0 Å². The topological polar surface area (TPSA) is 40.5 Å². The summed E-state index contributed by atoms with van der Waals surface area (Å²) in [6, 6.07) is 1.12. The van der Waals surface area contributed by atoms with Crippen LogP contribution in [0.15, 0.2) is 0 Å². The van der Waals surface area contributed by atoms with Crippen molar-refractivity contribution in [2.45, 2.75) is 58.0 Å². The van der Waals surface area contributed by atoms with Gasteiger partial charge in [0.2, 0.25) is 0 Å². The molecule has 0 aromatic carbocycles. The van der Waals surface area contributed by atoms with E-state index in [2.05, 4.69) is 18.7 Å². The van der Waals surface area contributed by atoms with Gasteiger partial charge in [-0.2, -0.15) is 0 Å². The Bertz CT molecular complexity index is 194. The summed E-state index contributed by atoms with van der Waals surface area (Å²) in [6.45, 7) is 5.52. The van der Waals surface area contributed by atoms with Gasteiger partial charge in [-0.1, -0.05) is 6.92 Å². The van der Waals surface area contributed by atoms with Gasteiger partial charge in [-0.25, -0.2) is 0 Å². The summed E-state index contributed by atoms with van der Waals surface area (Å²) in [5.74, 6) is -0.677. The number of hydrogen-bond donors (Lipinski definition) is 1. The fourth-order valence-electron chi connectivity index (χ4n) is 2.37. The Morgan fingerprint density at radius 2 is 2.36 bits per heavy atom. The lowest BCUT2D eigenvalue weighted by atomic mass is 10.1. The number of likely N-dealkylation sites (tertiary alicyclic amines) is 1. The molecule has 0 aliphatic carbocycles. The second-order valence-electron chi connectivity index (χ2n) is 4.22. The van der Waals surface area contributed by atoms with Crippen LogP contribution in [-0.4, -0.2) is 34.6 Å². The molecule has 0 aromatic rings. The summed E-state index contributed by atoms with van der Waals surface area (Å²) in [5, 5.41) is 8.61. The molecule has 1 heterocycles. The van der Waals surface area contributed by atoms with Crippen LogP contribution in [0.3, 0.4) is 0 Å². The van der Waals surface area contributed by atoms with Gasteiger partial charge in [0.25, 0.3) is 0 Å². The highest BCUT2D eigenvalue weighted by Crippen LogP contribution is 2.23. The lowest BCUT2D eigenvalue weighted by molar-refractivity contribution is -0.137. The second kappa shape index (κ2) is 5.35. The summed E-state index contributed by atoms with van der Waals surface area (Å²) >= 11 is 0. The fraction of sp³-hybridized carbons (Fsp3) is 0.909. The Morgan fingerprint density at radius 3 is 2.93 bits per heavy atom. The smallest absolute Gasteiger partial charge is 0.303 e. The minimum absolute atomic E-state index is 0.300.